The molecule has 2 unspecified atom stereocenters. The molecule has 0 radical (unpaired) electrons. The van der Waals surface area contributed by atoms with Crippen LogP contribution in [0.25, 0.3) is 0 Å². The van der Waals surface area contributed by atoms with Crippen LogP contribution >= 0.6 is 0 Å². The fourth-order valence-corrected chi connectivity index (χ4v) is 2.73. The Morgan fingerprint density at radius 1 is 1.35 bits per heavy atom. The Bertz CT molecular complexity index is 325. The highest BCUT2D eigenvalue weighted by molar-refractivity contribution is 5.26. The third-order valence-corrected chi connectivity index (χ3v) is 3.98. The molecule has 17 heavy (non-hydrogen) atoms. The SMILES string of the molecule is CC(c1ccc(CCN)cc1)C1CCCNC1. The van der Waals surface area contributed by atoms with Gasteiger partial charge in [-0.2, -0.15) is 0 Å². The van der Waals surface area contributed by atoms with E-state index in [1.807, 2.05) is 0 Å². The number of nitrogens with two attached hydrogens (primary N) is 1. The molecule has 1 aliphatic heterocycles. The van der Waals surface area contributed by atoms with Crippen molar-refractivity contribution in [3.8, 4) is 0 Å². The normalized spacial score (nSPS) is 22.4. The number of hydrogen-bond donors (Lipinski definition) is 2. The highest BCUT2D eigenvalue weighted by Crippen LogP contribution is 2.29. The molecule has 0 spiro atoms. The number of nitrogens with one attached hydrogen (secondary N) is 1. The van der Waals surface area contributed by atoms with Gasteiger partial charge >= 0.3 is 0 Å². The summed E-state index contributed by atoms with van der Waals surface area (Å²) in [7, 11) is 0. The molecular formula is C15H24N2. The summed E-state index contributed by atoms with van der Waals surface area (Å²) >= 11 is 0. The smallest absolute Gasteiger partial charge is 0.00148 e. The summed E-state index contributed by atoms with van der Waals surface area (Å²) in [6.45, 7) is 5.46. The van der Waals surface area contributed by atoms with Crippen molar-refractivity contribution in [2.45, 2.75) is 32.1 Å². The van der Waals surface area contributed by atoms with E-state index in [1.165, 1.54) is 37.1 Å². The van der Waals surface area contributed by atoms with E-state index in [9.17, 15) is 0 Å². The number of piperidine rings is 1. The largest absolute Gasteiger partial charge is 0.330 e. The average Bonchev–Trinajstić information content (AvgIpc) is 2.40. The van der Waals surface area contributed by atoms with Crippen LogP contribution in [0, 0.1) is 5.92 Å². The van der Waals surface area contributed by atoms with Crippen molar-refractivity contribution in [3.63, 3.8) is 0 Å². The fraction of sp³-hybridized carbons (Fsp3) is 0.600. The molecule has 1 aromatic carbocycles. The molecule has 2 nitrogen and oxygen atoms in total. The Morgan fingerprint density at radius 3 is 2.71 bits per heavy atom. The first-order valence-electron chi connectivity index (χ1n) is 6.81. The van der Waals surface area contributed by atoms with Crippen LogP contribution in [0.15, 0.2) is 24.3 Å². The molecule has 94 valence electrons. The van der Waals surface area contributed by atoms with Gasteiger partial charge in [-0.15, -0.1) is 0 Å². The molecule has 1 aromatic rings. The van der Waals surface area contributed by atoms with Crippen molar-refractivity contribution < 1.29 is 0 Å². The first-order chi connectivity index (χ1) is 8.31. The Balaban J connectivity index is 2.00. The topological polar surface area (TPSA) is 38.0 Å². The van der Waals surface area contributed by atoms with Gasteiger partial charge in [-0.1, -0.05) is 31.2 Å². The van der Waals surface area contributed by atoms with Gasteiger partial charge in [-0.25, -0.2) is 0 Å². The molecule has 1 heterocycles. The molecule has 1 saturated heterocycles. The van der Waals surface area contributed by atoms with E-state index in [-0.39, 0.29) is 0 Å². The molecule has 0 saturated carbocycles. The van der Waals surface area contributed by atoms with Gasteiger partial charge in [0.25, 0.3) is 0 Å². The van der Waals surface area contributed by atoms with Gasteiger partial charge < -0.3 is 11.1 Å². The molecule has 0 aliphatic carbocycles. The molecule has 1 fully saturated rings. The Labute approximate surface area is 105 Å². The minimum Gasteiger partial charge on any atom is -0.330 e. The van der Waals surface area contributed by atoms with Crippen LogP contribution in [0.5, 0.6) is 0 Å². The van der Waals surface area contributed by atoms with Crippen LogP contribution in [-0.2, 0) is 6.42 Å². The van der Waals surface area contributed by atoms with Crippen molar-refractivity contribution in [2.24, 2.45) is 11.7 Å². The first kappa shape index (κ1) is 12.6. The Kier molecular flexibility index (Phi) is 4.57. The number of rotatable bonds is 4. The first-order valence-corrected chi connectivity index (χ1v) is 6.81. The van der Waals surface area contributed by atoms with Crippen molar-refractivity contribution in [3.05, 3.63) is 35.4 Å². The molecular weight excluding hydrogens is 208 g/mol. The van der Waals surface area contributed by atoms with Crippen molar-refractivity contribution in [1.82, 2.24) is 5.32 Å². The zero-order chi connectivity index (χ0) is 12.1. The lowest BCUT2D eigenvalue weighted by Crippen LogP contribution is -2.32. The lowest BCUT2D eigenvalue weighted by Gasteiger charge is -2.28. The zero-order valence-corrected chi connectivity index (χ0v) is 10.8. The Morgan fingerprint density at radius 2 is 2.12 bits per heavy atom. The fourth-order valence-electron chi connectivity index (χ4n) is 2.73. The predicted octanol–water partition coefficient (Wildman–Crippen LogP) is 2.29. The minimum atomic E-state index is 0.662. The number of benzene rings is 1. The quantitative estimate of drug-likeness (QED) is 0.836. The second kappa shape index (κ2) is 6.18. The summed E-state index contributed by atoms with van der Waals surface area (Å²) in [5.41, 5.74) is 8.39. The molecule has 1 aliphatic rings. The van der Waals surface area contributed by atoms with Crippen LogP contribution < -0.4 is 11.1 Å². The van der Waals surface area contributed by atoms with E-state index in [1.54, 1.807) is 0 Å². The second-order valence-electron chi connectivity index (χ2n) is 5.18. The maximum Gasteiger partial charge on any atom is -0.00148 e. The molecule has 2 atom stereocenters. The van der Waals surface area contributed by atoms with E-state index in [0.29, 0.717) is 5.92 Å². The third-order valence-electron chi connectivity index (χ3n) is 3.98. The van der Waals surface area contributed by atoms with Gasteiger partial charge in [0.15, 0.2) is 0 Å². The van der Waals surface area contributed by atoms with E-state index >= 15 is 0 Å². The highest BCUT2D eigenvalue weighted by Gasteiger charge is 2.20. The molecule has 2 heteroatoms. The summed E-state index contributed by atoms with van der Waals surface area (Å²) in [5.74, 6) is 1.46. The van der Waals surface area contributed by atoms with Crippen LogP contribution in [0.1, 0.15) is 36.8 Å². The van der Waals surface area contributed by atoms with E-state index in [2.05, 4.69) is 36.5 Å². The van der Waals surface area contributed by atoms with Crippen LogP contribution in [0.2, 0.25) is 0 Å². The van der Waals surface area contributed by atoms with E-state index in [0.717, 1.165) is 18.9 Å². The summed E-state index contributed by atoms with van der Waals surface area (Å²) in [6.07, 6.45) is 3.67. The average molecular weight is 232 g/mol. The molecule has 3 N–H and O–H groups in total. The summed E-state index contributed by atoms with van der Waals surface area (Å²) in [6, 6.07) is 9.03. The lowest BCUT2D eigenvalue weighted by molar-refractivity contribution is 0.334. The summed E-state index contributed by atoms with van der Waals surface area (Å²) in [5, 5.41) is 3.50. The number of hydrogen-bond acceptors (Lipinski definition) is 2. The minimum absolute atomic E-state index is 0.662. The zero-order valence-electron chi connectivity index (χ0n) is 10.8. The second-order valence-corrected chi connectivity index (χ2v) is 5.18. The predicted molar refractivity (Wildman–Crippen MR) is 73.2 cm³/mol. The van der Waals surface area contributed by atoms with Gasteiger partial charge in [-0.3, -0.25) is 0 Å². The van der Waals surface area contributed by atoms with Crippen molar-refractivity contribution >= 4 is 0 Å². The van der Waals surface area contributed by atoms with Gasteiger partial charge in [0.2, 0.25) is 0 Å². The van der Waals surface area contributed by atoms with Gasteiger partial charge in [0.05, 0.1) is 0 Å². The van der Waals surface area contributed by atoms with Crippen LogP contribution in [0.3, 0.4) is 0 Å². The van der Waals surface area contributed by atoms with Gasteiger partial charge in [0, 0.05) is 0 Å². The third kappa shape index (κ3) is 3.30. The van der Waals surface area contributed by atoms with Crippen LogP contribution in [-0.4, -0.2) is 19.6 Å². The highest BCUT2D eigenvalue weighted by atomic mass is 14.9. The molecule has 0 amide bonds. The lowest BCUT2D eigenvalue weighted by atomic mass is 9.82. The standard InChI is InChI=1S/C15H24N2/c1-12(15-3-2-10-17-11-15)14-6-4-13(5-7-14)8-9-16/h4-7,12,15,17H,2-3,8-11,16H2,1H3. The monoisotopic (exact) mass is 232 g/mol. The molecule has 0 aromatic heterocycles. The van der Waals surface area contributed by atoms with Gasteiger partial charge in [-0.05, 0) is 61.9 Å². The maximum absolute atomic E-state index is 5.57. The summed E-state index contributed by atoms with van der Waals surface area (Å²) in [4.78, 5) is 0. The molecule has 2 rings (SSSR count). The van der Waals surface area contributed by atoms with E-state index in [4.69, 9.17) is 5.73 Å². The maximum atomic E-state index is 5.57. The molecule has 0 bridgehead atoms. The van der Waals surface area contributed by atoms with Crippen LogP contribution in [0.4, 0.5) is 0 Å². The van der Waals surface area contributed by atoms with Crippen molar-refractivity contribution in [1.29, 1.82) is 0 Å². The summed E-state index contributed by atoms with van der Waals surface area (Å²) < 4.78 is 0. The Hall–Kier alpha value is -0.860. The van der Waals surface area contributed by atoms with Crippen molar-refractivity contribution in [2.75, 3.05) is 19.6 Å². The van der Waals surface area contributed by atoms with E-state index < -0.39 is 0 Å². The van der Waals surface area contributed by atoms with Gasteiger partial charge in [0.1, 0.15) is 0 Å².